The fraction of sp³-hybridized carbons (Fsp3) is 0.280. The van der Waals surface area contributed by atoms with Crippen molar-refractivity contribution in [3.8, 4) is 11.1 Å². The van der Waals surface area contributed by atoms with Crippen LogP contribution in [0.2, 0.25) is 0 Å². The summed E-state index contributed by atoms with van der Waals surface area (Å²) < 4.78 is 14.9. The number of hydrogen-bond acceptors (Lipinski definition) is 4. The minimum Gasteiger partial charge on any atom is -0.384 e. The second kappa shape index (κ2) is 7.46. The van der Waals surface area contributed by atoms with Crippen LogP contribution in [-0.4, -0.2) is 57.6 Å². The second-order valence-electron chi connectivity index (χ2n) is 8.37. The SMILES string of the molecule is C=C(N1CCN(C(=O)c2ccc(-c3cnc4ccccc4c3)c(F)c2)CC1)C1(O)CC1. The minimum atomic E-state index is -0.747. The minimum absolute atomic E-state index is 0.183. The van der Waals surface area contributed by atoms with E-state index in [-0.39, 0.29) is 5.91 Å². The molecule has 0 bridgehead atoms. The third-order valence-corrected chi connectivity index (χ3v) is 6.33. The summed E-state index contributed by atoms with van der Waals surface area (Å²) in [4.78, 5) is 21.1. The van der Waals surface area contributed by atoms with Crippen LogP contribution in [0.25, 0.3) is 22.0 Å². The molecule has 5 nitrogen and oxygen atoms in total. The smallest absolute Gasteiger partial charge is 0.254 e. The molecule has 6 heteroatoms. The van der Waals surface area contributed by atoms with Crippen LogP contribution in [0.5, 0.6) is 0 Å². The fourth-order valence-corrected chi connectivity index (χ4v) is 4.16. The lowest BCUT2D eigenvalue weighted by Gasteiger charge is -2.38. The first-order valence-electron chi connectivity index (χ1n) is 10.6. The van der Waals surface area contributed by atoms with Gasteiger partial charge in [0.25, 0.3) is 5.91 Å². The zero-order valence-electron chi connectivity index (χ0n) is 17.2. The van der Waals surface area contributed by atoms with Crippen molar-refractivity contribution in [1.29, 1.82) is 0 Å². The van der Waals surface area contributed by atoms with Crippen LogP contribution >= 0.6 is 0 Å². The third kappa shape index (κ3) is 3.68. The number of halogens is 1. The molecule has 0 spiro atoms. The maximum atomic E-state index is 14.9. The monoisotopic (exact) mass is 417 g/mol. The molecule has 5 rings (SSSR count). The van der Waals surface area contributed by atoms with Crippen molar-refractivity contribution in [3.63, 3.8) is 0 Å². The summed E-state index contributed by atoms with van der Waals surface area (Å²) in [5.41, 5.74) is 2.30. The average molecular weight is 417 g/mol. The number of piperazine rings is 1. The van der Waals surface area contributed by atoms with Gasteiger partial charge in [-0.3, -0.25) is 9.78 Å². The second-order valence-corrected chi connectivity index (χ2v) is 8.37. The Morgan fingerprint density at radius 2 is 1.74 bits per heavy atom. The number of pyridine rings is 1. The van der Waals surface area contributed by atoms with E-state index in [1.165, 1.54) is 6.07 Å². The van der Waals surface area contributed by atoms with Crippen molar-refractivity contribution in [1.82, 2.24) is 14.8 Å². The molecule has 2 aromatic carbocycles. The molecule has 1 aromatic heterocycles. The number of amides is 1. The van der Waals surface area contributed by atoms with Gasteiger partial charge in [0, 0.05) is 60.1 Å². The summed E-state index contributed by atoms with van der Waals surface area (Å²) in [6, 6.07) is 14.2. The summed E-state index contributed by atoms with van der Waals surface area (Å²) in [6.45, 7) is 6.31. The van der Waals surface area contributed by atoms with Gasteiger partial charge in [-0.2, -0.15) is 0 Å². The van der Waals surface area contributed by atoms with Crippen molar-refractivity contribution < 1.29 is 14.3 Å². The standard InChI is InChI=1S/C25H24FN3O2/c1-17(25(31)8-9-25)28-10-12-29(13-11-28)24(30)19-6-7-21(22(26)15-19)20-14-18-4-2-3-5-23(18)27-16-20/h2-7,14-16,31H,1,8-13H2. The van der Waals surface area contributed by atoms with Crippen LogP contribution in [0.3, 0.4) is 0 Å². The van der Waals surface area contributed by atoms with E-state index in [0.29, 0.717) is 42.9 Å². The van der Waals surface area contributed by atoms with E-state index in [9.17, 15) is 14.3 Å². The topological polar surface area (TPSA) is 56.7 Å². The van der Waals surface area contributed by atoms with Gasteiger partial charge in [-0.25, -0.2) is 4.39 Å². The Morgan fingerprint density at radius 3 is 2.45 bits per heavy atom. The zero-order valence-corrected chi connectivity index (χ0v) is 17.2. The van der Waals surface area contributed by atoms with Gasteiger partial charge in [0.05, 0.1) is 5.52 Å². The molecular weight excluding hydrogens is 393 g/mol. The van der Waals surface area contributed by atoms with E-state index in [1.54, 1.807) is 23.2 Å². The highest BCUT2D eigenvalue weighted by atomic mass is 19.1. The van der Waals surface area contributed by atoms with Crippen LogP contribution in [-0.2, 0) is 0 Å². The molecule has 31 heavy (non-hydrogen) atoms. The van der Waals surface area contributed by atoms with Gasteiger partial charge in [0.1, 0.15) is 11.4 Å². The first kappa shape index (κ1) is 19.7. The number of benzene rings is 2. The van der Waals surface area contributed by atoms with Crippen LogP contribution in [0.1, 0.15) is 23.2 Å². The number of aromatic nitrogens is 1. The number of fused-ring (bicyclic) bond motifs is 1. The molecule has 0 radical (unpaired) electrons. The predicted molar refractivity (Wildman–Crippen MR) is 118 cm³/mol. The lowest BCUT2D eigenvalue weighted by Crippen LogP contribution is -2.49. The quantitative estimate of drug-likeness (QED) is 0.701. The van der Waals surface area contributed by atoms with Gasteiger partial charge in [0.2, 0.25) is 0 Å². The Kier molecular flexibility index (Phi) is 4.74. The normalized spacial score (nSPS) is 17.6. The third-order valence-electron chi connectivity index (χ3n) is 6.33. The molecule has 2 aliphatic rings. The van der Waals surface area contributed by atoms with E-state index >= 15 is 0 Å². The summed E-state index contributed by atoms with van der Waals surface area (Å²) >= 11 is 0. The van der Waals surface area contributed by atoms with Gasteiger partial charge < -0.3 is 14.9 Å². The molecule has 3 aromatic rings. The average Bonchev–Trinajstić information content (AvgIpc) is 3.56. The lowest BCUT2D eigenvalue weighted by atomic mass is 10.0. The van der Waals surface area contributed by atoms with Crippen molar-refractivity contribution in [2.45, 2.75) is 18.4 Å². The molecule has 0 unspecified atom stereocenters. The molecule has 2 fully saturated rings. The Hall–Kier alpha value is -3.25. The van der Waals surface area contributed by atoms with Crippen LogP contribution in [0, 0.1) is 5.82 Å². The lowest BCUT2D eigenvalue weighted by molar-refractivity contribution is 0.0622. The fourth-order valence-electron chi connectivity index (χ4n) is 4.16. The number of carbonyl (C=O) groups is 1. The predicted octanol–water partition coefficient (Wildman–Crippen LogP) is 3.84. The van der Waals surface area contributed by atoms with Gasteiger partial charge in [0.15, 0.2) is 0 Å². The number of carbonyl (C=O) groups excluding carboxylic acids is 1. The van der Waals surface area contributed by atoms with Crippen LogP contribution in [0.15, 0.2) is 67.0 Å². The molecule has 158 valence electrons. The Morgan fingerprint density at radius 1 is 1.03 bits per heavy atom. The first-order valence-corrected chi connectivity index (χ1v) is 10.6. The van der Waals surface area contributed by atoms with Crippen molar-refractivity contribution in [2.75, 3.05) is 26.2 Å². The highest BCUT2D eigenvalue weighted by molar-refractivity contribution is 5.95. The molecule has 1 amide bonds. The van der Waals surface area contributed by atoms with E-state index in [0.717, 1.165) is 29.4 Å². The molecule has 1 aliphatic carbocycles. The molecule has 0 atom stereocenters. The van der Waals surface area contributed by atoms with Crippen LogP contribution in [0.4, 0.5) is 4.39 Å². The molecular formula is C25H24FN3O2. The maximum Gasteiger partial charge on any atom is 0.254 e. The Balaban J connectivity index is 1.30. The van der Waals surface area contributed by atoms with E-state index < -0.39 is 11.4 Å². The van der Waals surface area contributed by atoms with Crippen molar-refractivity contribution >= 4 is 16.8 Å². The van der Waals surface area contributed by atoms with Gasteiger partial charge >= 0.3 is 0 Å². The first-order chi connectivity index (χ1) is 14.9. The van der Waals surface area contributed by atoms with Gasteiger partial charge in [-0.1, -0.05) is 30.8 Å². The van der Waals surface area contributed by atoms with Crippen LogP contribution < -0.4 is 0 Å². The van der Waals surface area contributed by atoms with Crippen molar-refractivity contribution in [2.24, 2.45) is 0 Å². The zero-order chi connectivity index (χ0) is 21.6. The summed E-state index contributed by atoms with van der Waals surface area (Å²) in [5, 5.41) is 11.2. The van der Waals surface area contributed by atoms with E-state index in [2.05, 4.69) is 11.6 Å². The van der Waals surface area contributed by atoms with Crippen molar-refractivity contribution in [3.05, 3.63) is 78.4 Å². The number of hydrogen-bond donors (Lipinski definition) is 1. The largest absolute Gasteiger partial charge is 0.384 e. The molecule has 1 N–H and O–H groups in total. The summed E-state index contributed by atoms with van der Waals surface area (Å²) in [5.74, 6) is -0.622. The van der Waals surface area contributed by atoms with E-state index in [4.69, 9.17) is 0 Å². The molecule has 1 aliphatic heterocycles. The molecule has 2 heterocycles. The number of para-hydroxylation sites is 1. The van der Waals surface area contributed by atoms with E-state index in [1.807, 2.05) is 35.2 Å². The Bertz CT molecular complexity index is 1180. The Labute approximate surface area is 180 Å². The summed E-state index contributed by atoms with van der Waals surface area (Å²) in [6.07, 6.45) is 3.16. The number of rotatable bonds is 4. The van der Waals surface area contributed by atoms with Gasteiger partial charge in [-0.15, -0.1) is 0 Å². The number of nitrogens with zero attached hydrogens (tertiary/aromatic N) is 3. The number of aliphatic hydroxyl groups is 1. The van der Waals surface area contributed by atoms with Gasteiger partial charge in [-0.05, 0) is 37.1 Å². The summed E-state index contributed by atoms with van der Waals surface area (Å²) in [7, 11) is 0. The highest BCUT2D eigenvalue weighted by Gasteiger charge is 2.45. The molecule has 1 saturated carbocycles. The maximum absolute atomic E-state index is 14.9. The molecule has 1 saturated heterocycles. The highest BCUT2D eigenvalue weighted by Crippen LogP contribution is 2.42.